The molecule has 1 fully saturated rings. The van der Waals surface area contributed by atoms with Gasteiger partial charge in [0.2, 0.25) is 0 Å². The number of hydrogen-bond donors (Lipinski definition) is 0. The zero-order valence-electron chi connectivity index (χ0n) is 10.9. The number of anilines is 1. The predicted octanol–water partition coefficient (Wildman–Crippen LogP) is 2.14. The van der Waals surface area contributed by atoms with Crippen molar-refractivity contribution in [3.8, 4) is 0 Å². The van der Waals surface area contributed by atoms with Crippen LogP contribution in [-0.2, 0) is 4.79 Å². The Morgan fingerprint density at radius 3 is 2.42 bits per heavy atom. The van der Waals surface area contributed by atoms with Crippen molar-refractivity contribution >= 4 is 29.2 Å². The van der Waals surface area contributed by atoms with E-state index in [2.05, 4.69) is 0 Å². The van der Waals surface area contributed by atoms with Crippen molar-refractivity contribution in [2.75, 3.05) is 26.0 Å². The molecule has 0 saturated carbocycles. The number of para-hydroxylation sites is 1. The zero-order chi connectivity index (χ0) is 14.2. The van der Waals surface area contributed by atoms with Gasteiger partial charge in [0.1, 0.15) is 5.70 Å². The number of carbonyl (C=O) groups is 2. The highest BCUT2D eigenvalue weighted by molar-refractivity contribution is 6.36. The van der Waals surface area contributed by atoms with Crippen molar-refractivity contribution in [2.45, 2.75) is 0 Å². The maximum atomic E-state index is 12.3. The summed E-state index contributed by atoms with van der Waals surface area (Å²) >= 11 is 6.04. The summed E-state index contributed by atoms with van der Waals surface area (Å²) in [6.07, 6.45) is 1.61. The molecule has 0 unspecified atom stereocenters. The third-order valence-electron chi connectivity index (χ3n) is 2.74. The van der Waals surface area contributed by atoms with Gasteiger partial charge < -0.3 is 4.90 Å². The number of rotatable bonds is 2. The fourth-order valence-corrected chi connectivity index (χ4v) is 2.05. The van der Waals surface area contributed by atoms with Gasteiger partial charge in [0, 0.05) is 27.3 Å². The lowest BCUT2D eigenvalue weighted by atomic mass is 10.3. The van der Waals surface area contributed by atoms with Crippen LogP contribution in [0.15, 0.2) is 36.2 Å². The Balaban J connectivity index is 2.47. The van der Waals surface area contributed by atoms with Gasteiger partial charge in [0.05, 0.1) is 10.7 Å². The number of nitrogens with zero attached hydrogens (tertiary/aromatic N) is 3. The van der Waals surface area contributed by atoms with E-state index >= 15 is 0 Å². The Morgan fingerprint density at radius 2 is 1.84 bits per heavy atom. The van der Waals surface area contributed by atoms with E-state index in [-0.39, 0.29) is 5.91 Å². The van der Waals surface area contributed by atoms with Gasteiger partial charge in [0.25, 0.3) is 5.91 Å². The molecule has 1 aromatic carbocycles. The van der Waals surface area contributed by atoms with Crippen molar-refractivity contribution in [1.82, 2.24) is 9.80 Å². The van der Waals surface area contributed by atoms with Crippen LogP contribution in [0, 0.1) is 0 Å². The van der Waals surface area contributed by atoms with Crippen LogP contribution in [0.2, 0.25) is 5.02 Å². The molecule has 0 spiro atoms. The fourth-order valence-electron chi connectivity index (χ4n) is 1.83. The molecule has 0 bridgehead atoms. The molecule has 0 radical (unpaired) electrons. The third-order valence-corrected chi connectivity index (χ3v) is 3.06. The first-order valence-electron chi connectivity index (χ1n) is 5.68. The molecule has 0 atom stereocenters. The summed E-state index contributed by atoms with van der Waals surface area (Å²) in [6.45, 7) is 0. The maximum Gasteiger partial charge on any atom is 0.336 e. The Kier molecular flexibility index (Phi) is 3.48. The lowest BCUT2D eigenvalue weighted by Gasteiger charge is -2.14. The molecule has 1 aliphatic heterocycles. The van der Waals surface area contributed by atoms with Crippen molar-refractivity contribution in [1.29, 1.82) is 0 Å². The molecule has 1 saturated heterocycles. The second-order valence-electron chi connectivity index (χ2n) is 4.41. The van der Waals surface area contributed by atoms with Crippen LogP contribution in [0.3, 0.4) is 0 Å². The molecule has 5 nitrogen and oxygen atoms in total. The molecule has 0 aromatic heterocycles. The number of hydrogen-bond acceptors (Lipinski definition) is 3. The van der Waals surface area contributed by atoms with Crippen LogP contribution in [-0.4, -0.2) is 42.9 Å². The minimum Gasteiger partial charge on any atom is -0.382 e. The van der Waals surface area contributed by atoms with Crippen LogP contribution < -0.4 is 4.90 Å². The SMILES string of the molecule is CN(C)/C=C1/C(=O)N(c2ccccc2Cl)C(=O)N1C. The van der Waals surface area contributed by atoms with Gasteiger partial charge >= 0.3 is 6.03 Å². The van der Waals surface area contributed by atoms with E-state index in [1.165, 1.54) is 4.90 Å². The fraction of sp³-hybridized carbons (Fsp3) is 0.231. The molecule has 2 rings (SSSR count). The molecule has 19 heavy (non-hydrogen) atoms. The van der Waals surface area contributed by atoms with Gasteiger partial charge in [-0.05, 0) is 12.1 Å². The quantitative estimate of drug-likeness (QED) is 0.615. The highest BCUT2D eigenvalue weighted by atomic mass is 35.5. The van der Waals surface area contributed by atoms with Crippen LogP contribution in [0.25, 0.3) is 0 Å². The first-order chi connectivity index (χ1) is 8.93. The first-order valence-corrected chi connectivity index (χ1v) is 6.06. The lowest BCUT2D eigenvalue weighted by molar-refractivity contribution is -0.114. The molecule has 0 N–H and O–H groups in total. The number of carbonyl (C=O) groups excluding carboxylic acids is 2. The summed E-state index contributed by atoms with van der Waals surface area (Å²) in [5.74, 6) is -0.380. The summed E-state index contributed by atoms with van der Waals surface area (Å²) in [6, 6.07) is 6.36. The minimum absolute atomic E-state index is 0.315. The highest BCUT2D eigenvalue weighted by Gasteiger charge is 2.40. The van der Waals surface area contributed by atoms with E-state index < -0.39 is 6.03 Å². The molecule has 3 amide bonds. The summed E-state index contributed by atoms with van der Waals surface area (Å²) in [4.78, 5) is 28.6. The smallest absolute Gasteiger partial charge is 0.336 e. The van der Waals surface area contributed by atoms with Crippen molar-refractivity contribution in [3.05, 3.63) is 41.2 Å². The summed E-state index contributed by atoms with van der Waals surface area (Å²) in [5, 5.41) is 0.365. The molecule has 6 heteroatoms. The second-order valence-corrected chi connectivity index (χ2v) is 4.82. The van der Waals surface area contributed by atoms with Gasteiger partial charge in [-0.2, -0.15) is 0 Å². The number of halogens is 1. The van der Waals surface area contributed by atoms with E-state index in [1.54, 1.807) is 56.5 Å². The van der Waals surface area contributed by atoms with Crippen molar-refractivity contribution < 1.29 is 9.59 Å². The van der Waals surface area contributed by atoms with Gasteiger partial charge in [0.15, 0.2) is 0 Å². The van der Waals surface area contributed by atoms with Crippen LogP contribution in [0.1, 0.15) is 0 Å². The summed E-state index contributed by atoms with van der Waals surface area (Å²) in [7, 11) is 5.14. The Morgan fingerprint density at radius 1 is 1.21 bits per heavy atom. The van der Waals surface area contributed by atoms with E-state index in [9.17, 15) is 9.59 Å². The molecular formula is C13H14ClN3O2. The summed E-state index contributed by atoms with van der Waals surface area (Å²) in [5.41, 5.74) is 0.711. The van der Waals surface area contributed by atoms with Crippen LogP contribution in [0.4, 0.5) is 10.5 Å². The molecule has 1 heterocycles. The van der Waals surface area contributed by atoms with Crippen LogP contribution in [0.5, 0.6) is 0 Å². The molecule has 0 aliphatic carbocycles. The Bertz CT molecular complexity index is 569. The second kappa shape index (κ2) is 4.93. The van der Waals surface area contributed by atoms with Gasteiger partial charge in [-0.15, -0.1) is 0 Å². The topological polar surface area (TPSA) is 43.9 Å². The number of urea groups is 1. The van der Waals surface area contributed by atoms with E-state index in [0.717, 1.165) is 4.90 Å². The van der Waals surface area contributed by atoms with Crippen molar-refractivity contribution in [2.24, 2.45) is 0 Å². The highest BCUT2D eigenvalue weighted by Crippen LogP contribution is 2.31. The van der Waals surface area contributed by atoms with Gasteiger partial charge in [-0.3, -0.25) is 9.69 Å². The number of imide groups is 1. The molecule has 100 valence electrons. The number of likely N-dealkylation sites (N-methyl/N-ethyl adjacent to an activating group) is 1. The van der Waals surface area contributed by atoms with E-state index in [4.69, 9.17) is 11.6 Å². The number of benzene rings is 1. The molecule has 1 aliphatic rings. The average molecular weight is 280 g/mol. The Labute approximate surface area is 116 Å². The van der Waals surface area contributed by atoms with Crippen molar-refractivity contribution in [3.63, 3.8) is 0 Å². The molecule has 1 aromatic rings. The number of amides is 3. The van der Waals surface area contributed by atoms with Gasteiger partial charge in [-0.25, -0.2) is 9.69 Å². The average Bonchev–Trinajstić information content (AvgIpc) is 2.55. The molecular weight excluding hydrogens is 266 g/mol. The van der Waals surface area contributed by atoms with Crippen LogP contribution >= 0.6 is 11.6 Å². The van der Waals surface area contributed by atoms with E-state index in [0.29, 0.717) is 16.4 Å². The first kappa shape index (κ1) is 13.4. The lowest BCUT2D eigenvalue weighted by Crippen LogP contribution is -2.31. The largest absolute Gasteiger partial charge is 0.382 e. The zero-order valence-corrected chi connectivity index (χ0v) is 11.7. The maximum absolute atomic E-state index is 12.3. The van der Waals surface area contributed by atoms with E-state index in [1.807, 2.05) is 0 Å². The monoisotopic (exact) mass is 279 g/mol. The minimum atomic E-state index is -0.411. The third kappa shape index (κ3) is 2.29. The van der Waals surface area contributed by atoms with Gasteiger partial charge in [-0.1, -0.05) is 23.7 Å². The predicted molar refractivity (Wildman–Crippen MR) is 73.9 cm³/mol. The Hall–Kier alpha value is -2.01. The standard InChI is InChI=1S/C13H14ClN3O2/c1-15(2)8-11-12(18)17(13(19)16(11)3)10-7-5-4-6-9(10)14/h4-8H,1-3H3/b11-8-. The summed E-state index contributed by atoms with van der Waals surface area (Å²) < 4.78 is 0. The normalized spacial score (nSPS) is 17.6.